The Labute approximate surface area is 157 Å². The summed E-state index contributed by atoms with van der Waals surface area (Å²) in [5.41, 5.74) is 1.87. The Hall–Kier alpha value is -3.26. The van der Waals surface area contributed by atoms with E-state index in [2.05, 4.69) is 15.1 Å². The van der Waals surface area contributed by atoms with Crippen LogP contribution < -0.4 is 5.63 Å². The summed E-state index contributed by atoms with van der Waals surface area (Å²) in [4.78, 5) is 32.2. The molecule has 8 nitrogen and oxygen atoms in total. The molecule has 9 heteroatoms. The van der Waals surface area contributed by atoms with Gasteiger partial charge in [-0.2, -0.15) is 4.98 Å². The van der Waals surface area contributed by atoms with Gasteiger partial charge in [-0.15, -0.1) is 5.10 Å². The number of hydrogen-bond acceptors (Lipinski definition) is 7. The number of benzene rings is 1. The molecule has 0 aliphatic rings. The Bertz CT molecular complexity index is 1260. The average molecular weight is 385 g/mol. The van der Waals surface area contributed by atoms with Crippen molar-refractivity contribution in [3.63, 3.8) is 0 Å². The topological polar surface area (TPSA) is 99.6 Å². The molecule has 0 saturated carbocycles. The molecule has 0 atom stereocenters. The van der Waals surface area contributed by atoms with Crippen LogP contribution in [0, 0.1) is 13.8 Å². The van der Waals surface area contributed by atoms with Gasteiger partial charge in [-0.1, -0.05) is 11.6 Å². The zero-order valence-electron chi connectivity index (χ0n) is 14.4. The molecule has 0 N–H and O–H groups in total. The summed E-state index contributed by atoms with van der Waals surface area (Å²) in [6.07, 6.45) is 1.58. The minimum absolute atomic E-state index is 0.113. The largest absolute Gasteiger partial charge is 0.455 e. The van der Waals surface area contributed by atoms with Crippen LogP contribution >= 0.6 is 11.6 Å². The molecule has 4 aromatic rings. The molecule has 0 saturated heterocycles. The van der Waals surface area contributed by atoms with E-state index >= 15 is 0 Å². The first-order chi connectivity index (χ1) is 12.9. The van der Waals surface area contributed by atoms with E-state index in [4.69, 9.17) is 20.8 Å². The molecule has 136 valence electrons. The van der Waals surface area contributed by atoms with Crippen molar-refractivity contribution in [2.75, 3.05) is 0 Å². The average Bonchev–Trinajstić information content (AvgIpc) is 3.07. The van der Waals surface area contributed by atoms with Gasteiger partial charge in [0.2, 0.25) is 0 Å². The summed E-state index contributed by atoms with van der Waals surface area (Å²) in [5, 5.41) is 5.21. The normalized spacial score (nSPS) is 11.2. The summed E-state index contributed by atoms with van der Waals surface area (Å²) >= 11 is 6.16. The second-order valence-electron chi connectivity index (χ2n) is 6.00. The molecule has 4 rings (SSSR count). The highest BCUT2D eigenvalue weighted by Crippen LogP contribution is 2.25. The summed E-state index contributed by atoms with van der Waals surface area (Å²) in [6.45, 7) is 3.47. The van der Waals surface area contributed by atoms with Gasteiger partial charge >= 0.3 is 11.6 Å². The van der Waals surface area contributed by atoms with Gasteiger partial charge in [-0.25, -0.2) is 19.1 Å². The Morgan fingerprint density at radius 3 is 2.89 bits per heavy atom. The van der Waals surface area contributed by atoms with Crippen molar-refractivity contribution in [1.82, 2.24) is 19.6 Å². The quantitative estimate of drug-likeness (QED) is 0.395. The van der Waals surface area contributed by atoms with E-state index in [1.54, 1.807) is 31.3 Å². The predicted octanol–water partition coefficient (Wildman–Crippen LogP) is 2.86. The molecule has 0 bridgehead atoms. The van der Waals surface area contributed by atoms with Crippen LogP contribution in [0.2, 0.25) is 5.02 Å². The van der Waals surface area contributed by atoms with E-state index in [1.165, 1.54) is 10.6 Å². The molecular weight excluding hydrogens is 372 g/mol. The molecule has 0 fully saturated rings. The lowest BCUT2D eigenvalue weighted by Gasteiger charge is -2.07. The fraction of sp³-hybridized carbons (Fsp3) is 0.167. The minimum Gasteiger partial charge on any atom is -0.455 e. The number of fused-ring (bicyclic) bond motifs is 2. The molecule has 0 amide bonds. The minimum atomic E-state index is -0.723. The summed E-state index contributed by atoms with van der Waals surface area (Å²) in [6, 6.07) is 6.36. The van der Waals surface area contributed by atoms with E-state index in [0.717, 1.165) is 11.3 Å². The SMILES string of the molecule is Cc1cc2oc(=O)cc(COC(=O)c3nc4nccc(C)n4n3)c2cc1Cl. The lowest BCUT2D eigenvalue weighted by molar-refractivity contribution is 0.0459. The fourth-order valence-electron chi connectivity index (χ4n) is 2.67. The van der Waals surface area contributed by atoms with Crippen LogP contribution in [0.5, 0.6) is 0 Å². The van der Waals surface area contributed by atoms with Gasteiger partial charge in [0.05, 0.1) is 0 Å². The first kappa shape index (κ1) is 17.2. The van der Waals surface area contributed by atoms with Crippen LogP contribution in [-0.4, -0.2) is 25.6 Å². The number of rotatable bonds is 3. The first-order valence-corrected chi connectivity index (χ1v) is 8.38. The molecule has 1 aromatic carbocycles. The van der Waals surface area contributed by atoms with Gasteiger partial charge in [-0.3, -0.25) is 0 Å². The van der Waals surface area contributed by atoms with E-state index in [9.17, 15) is 9.59 Å². The smallest absolute Gasteiger partial charge is 0.378 e. The van der Waals surface area contributed by atoms with Crippen LogP contribution in [0.1, 0.15) is 27.4 Å². The molecule has 27 heavy (non-hydrogen) atoms. The van der Waals surface area contributed by atoms with Crippen molar-refractivity contribution in [3.05, 3.63) is 68.6 Å². The maximum Gasteiger partial charge on any atom is 0.378 e. The summed E-state index contributed by atoms with van der Waals surface area (Å²) in [5.74, 6) is -0.535. The van der Waals surface area contributed by atoms with Crippen LogP contribution in [0.4, 0.5) is 0 Å². The predicted molar refractivity (Wildman–Crippen MR) is 96.9 cm³/mol. The van der Waals surface area contributed by atoms with Crippen molar-refractivity contribution in [3.8, 4) is 0 Å². The van der Waals surface area contributed by atoms with Crippen molar-refractivity contribution < 1.29 is 13.9 Å². The van der Waals surface area contributed by atoms with Crippen LogP contribution in [0.25, 0.3) is 16.7 Å². The Balaban J connectivity index is 1.64. The highest BCUT2D eigenvalue weighted by molar-refractivity contribution is 6.32. The number of ether oxygens (including phenoxy) is 1. The monoisotopic (exact) mass is 384 g/mol. The molecule has 3 aromatic heterocycles. The molecule has 3 heterocycles. The van der Waals surface area contributed by atoms with Crippen molar-refractivity contribution in [1.29, 1.82) is 0 Å². The Kier molecular flexibility index (Phi) is 4.12. The van der Waals surface area contributed by atoms with E-state index in [0.29, 0.717) is 27.3 Å². The molecule has 0 spiro atoms. The number of carbonyl (C=O) groups excluding carboxylic acids is 1. The number of aryl methyl sites for hydroxylation is 2. The highest BCUT2D eigenvalue weighted by atomic mass is 35.5. The second-order valence-corrected chi connectivity index (χ2v) is 6.40. The molecule has 0 aliphatic carbocycles. The lowest BCUT2D eigenvalue weighted by Crippen LogP contribution is -2.10. The number of halogens is 1. The zero-order chi connectivity index (χ0) is 19.1. The lowest BCUT2D eigenvalue weighted by atomic mass is 10.1. The van der Waals surface area contributed by atoms with Gasteiger partial charge in [0, 0.05) is 33.9 Å². The zero-order valence-corrected chi connectivity index (χ0v) is 15.1. The number of carbonyl (C=O) groups is 1. The number of aromatic nitrogens is 4. The van der Waals surface area contributed by atoms with Crippen LogP contribution in [0.15, 0.2) is 39.7 Å². The van der Waals surface area contributed by atoms with Gasteiger partial charge in [0.1, 0.15) is 12.2 Å². The third kappa shape index (κ3) is 3.15. The van der Waals surface area contributed by atoms with Gasteiger partial charge < -0.3 is 9.15 Å². The van der Waals surface area contributed by atoms with Crippen molar-refractivity contribution >= 4 is 34.3 Å². The third-order valence-electron chi connectivity index (χ3n) is 4.08. The van der Waals surface area contributed by atoms with E-state index in [-0.39, 0.29) is 12.4 Å². The second kappa shape index (κ2) is 6.48. The van der Waals surface area contributed by atoms with Crippen LogP contribution in [0.3, 0.4) is 0 Å². The summed E-state index contributed by atoms with van der Waals surface area (Å²) in [7, 11) is 0. The number of esters is 1. The third-order valence-corrected chi connectivity index (χ3v) is 4.49. The van der Waals surface area contributed by atoms with Gasteiger partial charge in [-0.05, 0) is 37.6 Å². The summed E-state index contributed by atoms with van der Waals surface area (Å²) < 4.78 is 11.9. The molecule has 0 unspecified atom stereocenters. The highest BCUT2D eigenvalue weighted by Gasteiger charge is 2.17. The number of hydrogen-bond donors (Lipinski definition) is 0. The Morgan fingerprint density at radius 1 is 1.30 bits per heavy atom. The first-order valence-electron chi connectivity index (χ1n) is 8.01. The van der Waals surface area contributed by atoms with E-state index in [1.807, 2.05) is 6.92 Å². The molecule has 0 aliphatic heterocycles. The van der Waals surface area contributed by atoms with E-state index < -0.39 is 11.6 Å². The van der Waals surface area contributed by atoms with Crippen molar-refractivity contribution in [2.24, 2.45) is 0 Å². The molecule has 0 radical (unpaired) electrons. The van der Waals surface area contributed by atoms with Gasteiger partial charge in [0.15, 0.2) is 0 Å². The molecular formula is C18H13ClN4O4. The standard InChI is InChI=1S/C18H13ClN4O4/c1-9-5-14-12(7-13(9)19)11(6-15(24)27-14)8-26-17(25)16-21-18-20-4-3-10(2)23(18)22-16/h3-7H,8H2,1-2H3. The Morgan fingerprint density at radius 2 is 2.11 bits per heavy atom. The maximum absolute atomic E-state index is 12.3. The van der Waals surface area contributed by atoms with Crippen molar-refractivity contribution in [2.45, 2.75) is 20.5 Å². The number of nitrogens with zero attached hydrogens (tertiary/aromatic N) is 4. The van der Waals surface area contributed by atoms with Crippen LogP contribution in [-0.2, 0) is 11.3 Å². The maximum atomic E-state index is 12.3. The van der Waals surface area contributed by atoms with Gasteiger partial charge in [0.25, 0.3) is 11.6 Å². The fourth-order valence-corrected chi connectivity index (χ4v) is 2.83.